The summed E-state index contributed by atoms with van der Waals surface area (Å²) in [4.78, 5) is 27.0. The van der Waals surface area contributed by atoms with E-state index in [0.29, 0.717) is 23.3 Å². The number of fused-ring (bicyclic) bond motifs is 1. The summed E-state index contributed by atoms with van der Waals surface area (Å²) < 4.78 is 10.5. The highest BCUT2D eigenvalue weighted by Crippen LogP contribution is 2.25. The molecule has 0 unspecified atom stereocenters. The van der Waals surface area contributed by atoms with Crippen molar-refractivity contribution in [3.8, 4) is 5.75 Å². The number of carbonyl (C=O) groups is 1. The molecule has 1 amide bonds. The van der Waals surface area contributed by atoms with Crippen molar-refractivity contribution in [3.05, 3.63) is 40.2 Å². The van der Waals surface area contributed by atoms with Crippen LogP contribution in [0.5, 0.6) is 5.75 Å². The molecule has 0 atom stereocenters. The van der Waals surface area contributed by atoms with Crippen molar-refractivity contribution in [1.82, 2.24) is 4.90 Å². The molecule has 1 aromatic heterocycles. The highest BCUT2D eigenvalue weighted by molar-refractivity contribution is 5.97. The third-order valence-corrected chi connectivity index (χ3v) is 4.79. The molecule has 1 aromatic carbocycles. The zero-order valence-corrected chi connectivity index (χ0v) is 14.2. The van der Waals surface area contributed by atoms with E-state index in [4.69, 9.17) is 9.15 Å². The maximum atomic E-state index is 12.9. The maximum absolute atomic E-state index is 12.9. The molecule has 2 aromatic rings. The molecule has 3 rings (SSSR count). The maximum Gasteiger partial charge on any atom is 0.349 e. The molecule has 1 aliphatic rings. The van der Waals surface area contributed by atoms with Crippen LogP contribution in [0, 0.1) is 0 Å². The van der Waals surface area contributed by atoms with Crippen LogP contribution in [0.4, 0.5) is 0 Å². The predicted molar refractivity (Wildman–Crippen MR) is 92.6 cm³/mol. The average Bonchev–Trinajstić information content (AvgIpc) is 2.62. The Kier molecular flexibility index (Phi) is 4.88. The topological polar surface area (TPSA) is 59.8 Å². The number of ether oxygens (including phenoxy) is 1. The van der Waals surface area contributed by atoms with Gasteiger partial charge in [0, 0.05) is 18.0 Å². The minimum atomic E-state index is -0.577. The third kappa shape index (κ3) is 3.16. The standard InChI is InChI=1S/C19H23NO4/c1-3-20(14-7-5-4-6-8-14)18(21)16-12-13-11-15(23-2)9-10-17(13)24-19(16)22/h9-12,14H,3-8H2,1-2H3. The molecule has 0 saturated heterocycles. The first-order chi connectivity index (χ1) is 11.6. The monoisotopic (exact) mass is 329 g/mol. The highest BCUT2D eigenvalue weighted by atomic mass is 16.5. The van der Waals surface area contributed by atoms with E-state index in [9.17, 15) is 9.59 Å². The van der Waals surface area contributed by atoms with Gasteiger partial charge in [-0.2, -0.15) is 0 Å². The quantitative estimate of drug-likeness (QED) is 0.804. The van der Waals surface area contributed by atoms with Crippen molar-refractivity contribution in [1.29, 1.82) is 0 Å². The van der Waals surface area contributed by atoms with Crippen LogP contribution >= 0.6 is 0 Å². The zero-order chi connectivity index (χ0) is 17.1. The molecule has 0 aliphatic heterocycles. The molecule has 0 spiro atoms. The fourth-order valence-corrected chi connectivity index (χ4v) is 3.49. The van der Waals surface area contributed by atoms with Gasteiger partial charge in [-0.15, -0.1) is 0 Å². The van der Waals surface area contributed by atoms with Gasteiger partial charge < -0.3 is 14.1 Å². The van der Waals surface area contributed by atoms with Gasteiger partial charge in [0.2, 0.25) is 0 Å². The van der Waals surface area contributed by atoms with Gasteiger partial charge in [-0.3, -0.25) is 4.79 Å². The molecule has 1 fully saturated rings. The number of rotatable bonds is 4. The zero-order valence-electron chi connectivity index (χ0n) is 14.2. The van der Waals surface area contributed by atoms with E-state index in [0.717, 1.165) is 25.7 Å². The first-order valence-corrected chi connectivity index (χ1v) is 8.57. The molecular weight excluding hydrogens is 306 g/mol. The SMILES string of the molecule is CCN(C(=O)c1cc2cc(OC)ccc2oc1=O)C1CCCCC1. The fraction of sp³-hybridized carbons (Fsp3) is 0.474. The van der Waals surface area contributed by atoms with Gasteiger partial charge in [-0.1, -0.05) is 19.3 Å². The number of carbonyl (C=O) groups excluding carboxylic acids is 1. The molecule has 0 bridgehead atoms. The highest BCUT2D eigenvalue weighted by Gasteiger charge is 2.27. The lowest BCUT2D eigenvalue weighted by atomic mass is 9.93. The van der Waals surface area contributed by atoms with Crippen LogP contribution in [0.3, 0.4) is 0 Å². The Balaban J connectivity index is 1.98. The lowest BCUT2D eigenvalue weighted by molar-refractivity contribution is 0.0644. The van der Waals surface area contributed by atoms with Crippen LogP contribution < -0.4 is 10.4 Å². The Labute approximate surface area is 141 Å². The van der Waals surface area contributed by atoms with E-state index in [2.05, 4.69) is 0 Å². The van der Waals surface area contributed by atoms with Crippen LogP contribution in [0.15, 0.2) is 33.5 Å². The van der Waals surface area contributed by atoms with E-state index in [1.54, 1.807) is 31.4 Å². The Morgan fingerprint density at radius 1 is 1.25 bits per heavy atom. The average molecular weight is 329 g/mol. The third-order valence-electron chi connectivity index (χ3n) is 4.79. The van der Waals surface area contributed by atoms with Crippen LogP contribution in [0.2, 0.25) is 0 Å². The molecular formula is C19H23NO4. The Hall–Kier alpha value is -2.30. The molecule has 5 nitrogen and oxygen atoms in total. The molecule has 24 heavy (non-hydrogen) atoms. The summed E-state index contributed by atoms with van der Waals surface area (Å²) in [5.41, 5.74) is -0.0202. The first kappa shape index (κ1) is 16.6. The van der Waals surface area contributed by atoms with E-state index in [1.807, 2.05) is 11.8 Å². The van der Waals surface area contributed by atoms with Crippen molar-refractivity contribution < 1.29 is 13.9 Å². The number of methoxy groups -OCH3 is 1. The van der Waals surface area contributed by atoms with Gasteiger partial charge in [-0.25, -0.2) is 4.79 Å². The number of hydrogen-bond acceptors (Lipinski definition) is 4. The van der Waals surface area contributed by atoms with E-state index < -0.39 is 5.63 Å². The van der Waals surface area contributed by atoms with Crippen LogP contribution in [0.25, 0.3) is 11.0 Å². The summed E-state index contributed by atoms with van der Waals surface area (Å²) in [5, 5.41) is 0.692. The largest absolute Gasteiger partial charge is 0.497 e. The van der Waals surface area contributed by atoms with Crippen LogP contribution in [-0.4, -0.2) is 30.5 Å². The predicted octanol–water partition coefficient (Wildman–Crippen LogP) is 3.60. The van der Waals surface area contributed by atoms with E-state index in [1.165, 1.54) is 6.42 Å². The number of nitrogens with zero attached hydrogens (tertiary/aromatic N) is 1. The second-order valence-corrected chi connectivity index (χ2v) is 6.23. The van der Waals surface area contributed by atoms with Gasteiger partial charge in [0.15, 0.2) is 0 Å². The van der Waals surface area contributed by atoms with E-state index in [-0.39, 0.29) is 17.5 Å². The molecule has 5 heteroatoms. The molecule has 128 valence electrons. The number of benzene rings is 1. The van der Waals surface area contributed by atoms with Crippen molar-refractivity contribution in [2.24, 2.45) is 0 Å². The van der Waals surface area contributed by atoms with Crippen molar-refractivity contribution >= 4 is 16.9 Å². The summed E-state index contributed by atoms with van der Waals surface area (Å²) in [7, 11) is 1.58. The van der Waals surface area contributed by atoms with Crippen LogP contribution in [0.1, 0.15) is 49.4 Å². The molecule has 0 N–H and O–H groups in total. The van der Waals surface area contributed by atoms with Crippen molar-refractivity contribution in [2.45, 2.75) is 45.1 Å². The van der Waals surface area contributed by atoms with E-state index >= 15 is 0 Å². The molecule has 1 aliphatic carbocycles. The first-order valence-electron chi connectivity index (χ1n) is 8.57. The van der Waals surface area contributed by atoms with Crippen molar-refractivity contribution in [3.63, 3.8) is 0 Å². The minimum absolute atomic E-state index is 0.100. The van der Waals surface area contributed by atoms with Gasteiger partial charge in [0.1, 0.15) is 16.9 Å². The number of amides is 1. The molecule has 1 heterocycles. The molecule has 0 radical (unpaired) electrons. The lowest BCUT2D eigenvalue weighted by Crippen LogP contribution is -2.42. The fourth-order valence-electron chi connectivity index (χ4n) is 3.49. The van der Waals surface area contributed by atoms with Crippen LogP contribution in [-0.2, 0) is 0 Å². The van der Waals surface area contributed by atoms with Crippen molar-refractivity contribution in [2.75, 3.05) is 13.7 Å². The Bertz CT molecular complexity index is 790. The Morgan fingerprint density at radius 3 is 2.67 bits per heavy atom. The minimum Gasteiger partial charge on any atom is -0.497 e. The van der Waals surface area contributed by atoms with Gasteiger partial charge in [-0.05, 0) is 44.0 Å². The summed E-state index contributed by atoms with van der Waals surface area (Å²) >= 11 is 0. The van der Waals surface area contributed by atoms with Gasteiger partial charge >= 0.3 is 5.63 Å². The number of hydrogen-bond donors (Lipinski definition) is 0. The second kappa shape index (κ2) is 7.07. The normalized spacial score (nSPS) is 15.4. The van der Waals surface area contributed by atoms with Gasteiger partial charge in [0.25, 0.3) is 5.91 Å². The lowest BCUT2D eigenvalue weighted by Gasteiger charge is -2.33. The Morgan fingerprint density at radius 2 is 2.00 bits per heavy atom. The summed E-state index contributed by atoms with van der Waals surface area (Å²) in [6, 6.07) is 7.02. The summed E-state index contributed by atoms with van der Waals surface area (Å²) in [6.45, 7) is 2.55. The molecule has 1 saturated carbocycles. The summed E-state index contributed by atoms with van der Waals surface area (Å²) in [5.74, 6) is 0.428. The van der Waals surface area contributed by atoms with Gasteiger partial charge in [0.05, 0.1) is 7.11 Å². The smallest absolute Gasteiger partial charge is 0.349 e. The summed E-state index contributed by atoms with van der Waals surface area (Å²) in [6.07, 6.45) is 5.51. The second-order valence-electron chi connectivity index (χ2n) is 6.23.